The van der Waals surface area contributed by atoms with Crippen molar-refractivity contribution in [2.75, 3.05) is 13.6 Å². The van der Waals surface area contributed by atoms with Gasteiger partial charge in [-0.1, -0.05) is 35.7 Å². The van der Waals surface area contributed by atoms with Crippen molar-refractivity contribution in [3.05, 3.63) is 34.9 Å². The zero-order chi connectivity index (χ0) is 19.8. The van der Waals surface area contributed by atoms with Gasteiger partial charge < -0.3 is 16.0 Å². The van der Waals surface area contributed by atoms with E-state index >= 15 is 0 Å². The molecule has 5 heteroatoms. The van der Waals surface area contributed by atoms with E-state index in [1.165, 1.54) is 16.7 Å². The molecule has 2 rings (SSSR count). The quantitative estimate of drug-likeness (QED) is 0.531. The van der Waals surface area contributed by atoms with Crippen LogP contribution in [0, 0.1) is 19.8 Å². The van der Waals surface area contributed by atoms with Crippen LogP contribution < -0.4 is 16.0 Å². The second-order valence-electron chi connectivity index (χ2n) is 8.11. The number of benzene rings is 1. The number of hydrogen-bond donors (Lipinski definition) is 3. The van der Waals surface area contributed by atoms with Gasteiger partial charge in [-0.2, -0.15) is 0 Å². The SMILES string of the molecule is CN=C(NCCc1cc(C)cc(C)c1)NC1CCCC(C(=O)NC(C)C)C1. The molecular formula is C22H36N4O. The predicted molar refractivity (Wildman–Crippen MR) is 113 cm³/mol. The fourth-order valence-corrected chi connectivity index (χ4v) is 3.89. The average Bonchev–Trinajstić information content (AvgIpc) is 2.59. The number of carbonyl (C=O) groups excluding carboxylic acids is 1. The van der Waals surface area contributed by atoms with Crippen molar-refractivity contribution in [1.82, 2.24) is 16.0 Å². The molecule has 2 unspecified atom stereocenters. The number of nitrogens with zero attached hydrogens (tertiary/aromatic N) is 1. The summed E-state index contributed by atoms with van der Waals surface area (Å²) in [6, 6.07) is 7.18. The largest absolute Gasteiger partial charge is 0.356 e. The normalized spacial score (nSPS) is 20.4. The van der Waals surface area contributed by atoms with Gasteiger partial charge in [-0.25, -0.2) is 0 Å². The molecule has 3 N–H and O–H groups in total. The molecule has 1 aromatic rings. The highest BCUT2D eigenvalue weighted by molar-refractivity contribution is 5.81. The minimum atomic E-state index is 0.104. The van der Waals surface area contributed by atoms with Crippen LogP contribution in [0.4, 0.5) is 0 Å². The third-order valence-electron chi connectivity index (χ3n) is 5.03. The lowest BCUT2D eigenvalue weighted by atomic mass is 9.85. The highest BCUT2D eigenvalue weighted by Crippen LogP contribution is 2.24. The monoisotopic (exact) mass is 372 g/mol. The topological polar surface area (TPSA) is 65.5 Å². The molecule has 0 aliphatic heterocycles. The smallest absolute Gasteiger partial charge is 0.223 e. The van der Waals surface area contributed by atoms with Crippen LogP contribution in [0.25, 0.3) is 0 Å². The van der Waals surface area contributed by atoms with Gasteiger partial charge in [0.25, 0.3) is 0 Å². The minimum absolute atomic E-state index is 0.104. The lowest BCUT2D eigenvalue weighted by Crippen LogP contribution is -2.47. The van der Waals surface area contributed by atoms with Gasteiger partial charge in [0.05, 0.1) is 0 Å². The van der Waals surface area contributed by atoms with Crippen molar-refractivity contribution < 1.29 is 4.79 Å². The first-order valence-corrected chi connectivity index (χ1v) is 10.2. The highest BCUT2D eigenvalue weighted by Gasteiger charge is 2.27. The molecule has 0 radical (unpaired) electrons. The van der Waals surface area contributed by atoms with E-state index in [9.17, 15) is 4.79 Å². The van der Waals surface area contributed by atoms with Gasteiger partial charge in [0.2, 0.25) is 5.91 Å². The Hall–Kier alpha value is -2.04. The summed E-state index contributed by atoms with van der Waals surface area (Å²) in [5, 5.41) is 9.98. The molecule has 150 valence electrons. The van der Waals surface area contributed by atoms with Gasteiger partial charge in [-0.05, 0) is 58.9 Å². The Labute approximate surface area is 164 Å². The van der Waals surface area contributed by atoms with Crippen LogP contribution in [-0.2, 0) is 11.2 Å². The fourth-order valence-electron chi connectivity index (χ4n) is 3.89. The fraction of sp³-hybridized carbons (Fsp3) is 0.636. The van der Waals surface area contributed by atoms with Crippen molar-refractivity contribution in [2.24, 2.45) is 10.9 Å². The Morgan fingerprint density at radius 2 is 1.89 bits per heavy atom. The van der Waals surface area contributed by atoms with Gasteiger partial charge >= 0.3 is 0 Å². The van der Waals surface area contributed by atoms with E-state index in [1.807, 2.05) is 13.8 Å². The third kappa shape index (κ3) is 7.24. The molecule has 1 fully saturated rings. The number of aryl methyl sites for hydroxylation is 2. The number of hydrogen-bond acceptors (Lipinski definition) is 2. The molecule has 27 heavy (non-hydrogen) atoms. The van der Waals surface area contributed by atoms with E-state index in [1.54, 1.807) is 7.05 Å². The Balaban J connectivity index is 1.81. The van der Waals surface area contributed by atoms with Gasteiger partial charge in [0, 0.05) is 31.6 Å². The summed E-state index contributed by atoms with van der Waals surface area (Å²) in [5.41, 5.74) is 3.96. The lowest BCUT2D eigenvalue weighted by molar-refractivity contribution is -0.126. The average molecular weight is 373 g/mol. The van der Waals surface area contributed by atoms with Gasteiger partial charge in [-0.15, -0.1) is 0 Å². The molecule has 1 saturated carbocycles. The predicted octanol–water partition coefficient (Wildman–Crippen LogP) is 3.09. The zero-order valence-corrected chi connectivity index (χ0v) is 17.6. The van der Waals surface area contributed by atoms with Crippen LogP contribution in [0.15, 0.2) is 23.2 Å². The number of carbonyl (C=O) groups is 1. The Morgan fingerprint density at radius 3 is 2.52 bits per heavy atom. The van der Waals surface area contributed by atoms with Crippen molar-refractivity contribution in [2.45, 2.75) is 71.9 Å². The molecule has 0 saturated heterocycles. The highest BCUT2D eigenvalue weighted by atomic mass is 16.1. The van der Waals surface area contributed by atoms with Crippen LogP contribution in [0.2, 0.25) is 0 Å². The Morgan fingerprint density at radius 1 is 1.19 bits per heavy atom. The van der Waals surface area contributed by atoms with Gasteiger partial charge in [0.15, 0.2) is 5.96 Å². The second-order valence-corrected chi connectivity index (χ2v) is 8.11. The van der Waals surface area contributed by atoms with Crippen molar-refractivity contribution in [1.29, 1.82) is 0 Å². The van der Waals surface area contributed by atoms with E-state index in [0.717, 1.165) is 44.6 Å². The third-order valence-corrected chi connectivity index (χ3v) is 5.03. The Kier molecular flexibility index (Phi) is 8.14. The van der Waals surface area contributed by atoms with E-state index < -0.39 is 0 Å². The maximum Gasteiger partial charge on any atom is 0.223 e. The van der Waals surface area contributed by atoms with Crippen molar-refractivity contribution in [3.8, 4) is 0 Å². The Bertz CT molecular complexity index is 633. The molecule has 1 aromatic carbocycles. The molecule has 0 heterocycles. The standard InChI is InChI=1S/C22H36N4O/c1-15(2)25-21(27)19-7-6-8-20(14-19)26-22(23-5)24-10-9-18-12-16(3)11-17(4)13-18/h11-13,15,19-20H,6-10,14H2,1-5H3,(H,25,27)(H2,23,24,26). The molecule has 1 amide bonds. The zero-order valence-electron chi connectivity index (χ0n) is 17.6. The molecule has 1 aliphatic rings. The van der Waals surface area contributed by atoms with Crippen molar-refractivity contribution in [3.63, 3.8) is 0 Å². The van der Waals surface area contributed by atoms with Crippen LogP contribution in [0.5, 0.6) is 0 Å². The number of amides is 1. The number of guanidine groups is 1. The van der Waals surface area contributed by atoms with E-state index in [4.69, 9.17) is 0 Å². The van der Waals surface area contributed by atoms with Gasteiger partial charge in [-0.3, -0.25) is 9.79 Å². The summed E-state index contributed by atoms with van der Waals surface area (Å²) in [5.74, 6) is 1.12. The summed E-state index contributed by atoms with van der Waals surface area (Å²) in [6.45, 7) is 9.14. The summed E-state index contributed by atoms with van der Waals surface area (Å²) in [7, 11) is 1.80. The number of nitrogens with one attached hydrogen (secondary N) is 3. The molecule has 0 spiro atoms. The molecule has 2 atom stereocenters. The summed E-state index contributed by atoms with van der Waals surface area (Å²) >= 11 is 0. The summed E-state index contributed by atoms with van der Waals surface area (Å²) in [4.78, 5) is 16.7. The van der Waals surface area contributed by atoms with Crippen LogP contribution >= 0.6 is 0 Å². The molecule has 1 aliphatic carbocycles. The first-order valence-electron chi connectivity index (χ1n) is 10.2. The first kappa shape index (κ1) is 21.3. The summed E-state index contributed by atoms with van der Waals surface area (Å²) in [6.07, 6.45) is 4.98. The molecule has 5 nitrogen and oxygen atoms in total. The lowest BCUT2D eigenvalue weighted by Gasteiger charge is -2.30. The number of aliphatic imine (C=N–C) groups is 1. The van der Waals surface area contributed by atoms with Crippen LogP contribution in [0.3, 0.4) is 0 Å². The minimum Gasteiger partial charge on any atom is -0.356 e. The maximum atomic E-state index is 12.3. The molecule has 0 bridgehead atoms. The molecular weight excluding hydrogens is 336 g/mol. The second kappa shape index (κ2) is 10.3. The van der Waals surface area contributed by atoms with Crippen LogP contribution in [-0.4, -0.2) is 37.5 Å². The van der Waals surface area contributed by atoms with Gasteiger partial charge in [0.1, 0.15) is 0 Å². The van der Waals surface area contributed by atoms with Crippen LogP contribution in [0.1, 0.15) is 56.2 Å². The maximum absolute atomic E-state index is 12.3. The van der Waals surface area contributed by atoms with E-state index in [-0.39, 0.29) is 17.9 Å². The molecule has 0 aromatic heterocycles. The van der Waals surface area contributed by atoms with Crippen molar-refractivity contribution >= 4 is 11.9 Å². The van der Waals surface area contributed by atoms with E-state index in [0.29, 0.717) is 6.04 Å². The summed E-state index contributed by atoms with van der Waals surface area (Å²) < 4.78 is 0. The van der Waals surface area contributed by atoms with E-state index in [2.05, 4.69) is 53.0 Å². The number of rotatable bonds is 6. The first-order chi connectivity index (χ1) is 12.9.